The van der Waals surface area contributed by atoms with Crippen LogP contribution in [0.25, 0.3) is 0 Å². The number of alkyl halides is 5. The summed E-state index contributed by atoms with van der Waals surface area (Å²) in [6.45, 7) is -0.728. The molecule has 0 spiro atoms. The molecule has 0 unspecified atom stereocenters. The summed E-state index contributed by atoms with van der Waals surface area (Å²) in [6.07, 6.45) is -8.56. The van der Waals surface area contributed by atoms with Gasteiger partial charge in [-0.3, -0.25) is 0 Å². The average Bonchev–Trinajstić information content (AvgIpc) is 2.24. The van der Waals surface area contributed by atoms with Gasteiger partial charge in [-0.25, -0.2) is 27.3 Å². The Labute approximate surface area is 104 Å². The second-order valence-corrected chi connectivity index (χ2v) is 4.96. The number of sulfonamides is 1. The van der Waals surface area contributed by atoms with Gasteiger partial charge in [0.2, 0.25) is 10.0 Å². The molecule has 0 amide bonds. The van der Waals surface area contributed by atoms with Gasteiger partial charge in [0.05, 0.1) is 0 Å². The zero-order valence-electron chi connectivity index (χ0n) is 9.08. The number of hydrogen-bond donors (Lipinski definition) is 2. The van der Waals surface area contributed by atoms with E-state index in [1.54, 1.807) is 0 Å². The van der Waals surface area contributed by atoms with Crippen LogP contribution < -0.4 is 10.9 Å². The Morgan fingerprint density at radius 3 is 2.16 bits per heavy atom. The Morgan fingerprint density at radius 1 is 1.32 bits per heavy atom. The predicted octanol–water partition coefficient (Wildman–Crippen LogP) is 1.14. The average molecular weight is 305 g/mol. The van der Waals surface area contributed by atoms with E-state index in [1.807, 2.05) is 0 Å². The molecular weight excluding hydrogens is 297 g/mol. The Balaban J connectivity index is 3.71. The SMILES string of the molecule is NCc1cc(S(N)(=O)=O)c(C(F)F)nc1C(F)(F)F. The number of primary sulfonamides is 1. The molecule has 11 heteroatoms. The number of hydrogen-bond acceptors (Lipinski definition) is 4. The lowest BCUT2D eigenvalue weighted by Gasteiger charge is -2.15. The Morgan fingerprint density at radius 2 is 1.84 bits per heavy atom. The molecule has 0 atom stereocenters. The van der Waals surface area contributed by atoms with Crippen molar-refractivity contribution >= 4 is 10.0 Å². The summed E-state index contributed by atoms with van der Waals surface area (Å²) in [6, 6.07) is 0.368. The van der Waals surface area contributed by atoms with Crippen LogP contribution in [0.4, 0.5) is 22.0 Å². The van der Waals surface area contributed by atoms with E-state index in [-0.39, 0.29) is 0 Å². The van der Waals surface area contributed by atoms with Gasteiger partial charge in [-0.05, 0) is 11.6 Å². The molecule has 0 fully saturated rings. The number of rotatable bonds is 3. The molecule has 0 aliphatic heterocycles. The Bertz CT molecular complexity index is 585. The fourth-order valence-electron chi connectivity index (χ4n) is 1.33. The molecule has 19 heavy (non-hydrogen) atoms. The van der Waals surface area contributed by atoms with Gasteiger partial charge in [-0.15, -0.1) is 0 Å². The van der Waals surface area contributed by atoms with Crippen molar-refractivity contribution in [2.75, 3.05) is 0 Å². The van der Waals surface area contributed by atoms with E-state index >= 15 is 0 Å². The molecule has 0 aromatic carbocycles. The van der Waals surface area contributed by atoms with Crippen molar-refractivity contribution in [3.8, 4) is 0 Å². The standard InChI is InChI=1S/C8H8F5N3O2S/c9-7(10)5-4(19(15,17)18)1-3(2-14)6(16-5)8(11,12)13/h1,7H,2,14H2,(H2,15,17,18). The minimum Gasteiger partial charge on any atom is -0.326 e. The van der Waals surface area contributed by atoms with Gasteiger partial charge in [0, 0.05) is 6.54 Å². The van der Waals surface area contributed by atoms with Crippen molar-refractivity contribution in [3.05, 3.63) is 23.0 Å². The molecule has 1 aromatic heterocycles. The van der Waals surface area contributed by atoms with Crippen LogP contribution in [0.2, 0.25) is 0 Å². The van der Waals surface area contributed by atoms with E-state index in [9.17, 15) is 30.4 Å². The zero-order chi connectivity index (χ0) is 15.0. The fraction of sp³-hybridized carbons (Fsp3) is 0.375. The van der Waals surface area contributed by atoms with Gasteiger partial charge < -0.3 is 5.73 Å². The van der Waals surface area contributed by atoms with Gasteiger partial charge >= 0.3 is 6.18 Å². The lowest BCUT2D eigenvalue weighted by molar-refractivity contribution is -0.142. The smallest absolute Gasteiger partial charge is 0.326 e. The maximum Gasteiger partial charge on any atom is 0.433 e. The van der Waals surface area contributed by atoms with Gasteiger partial charge in [0.15, 0.2) is 0 Å². The highest BCUT2D eigenvalue weighted by molar-refractivity contribution is 7.89. The summed E-state index contributed by atoms with van der Waals surface area (Å²) >= 11 is 0. The van der Waals surface area contributed by atoms with E-state index < -0.39 is 51.0 Å². The Kier molecular flexibility index (Phi) is 4.12. The number of nitrogens with two attached hydrogens (primary N) is 2. The third-order valence-corrected chi connectivity index (χ3v) is 3.04. The number of nitrogens with zero attached hydrogens (tertiary/aromatic N) is 1. The van der Waals surface area contributed by atoms with Gasteiger partial charge in [0.1, 0.15) is 16.3 Å². The summed E-state index contributed by atoms with van der Waals surface area (Å²) < 4.78 is 85.0. The summed E-state index contributed by atoms with van der Waals surface area (Å²) in [5, 5.41) is 4.65. The molecule has 0 aliphatic carbocycles. The number of pyridine rings is 1. The first kappa shape index (κ1) is 15.7. The lowest BCUT2D eigenvalue weighted by Crippen LogP contribution is -2.21. The molecule has 1 heterocycles. The third-order valence-electron chi connectivity index (χ3n) is 2.10. The second kappa shape index (κ2) is 4.98. The first-order chi connectivity index (χ1) is 8.48. The molecular formula is C8H8F5N3O2S. The summed E-state index contributed by atoms with van der Waals surface area (Å²) in [7, 11) is -4.64. The van der Waals surface area contributed by atoms with Gasteiger partial charge in [-0.1, -0.05) is 0 Å². The largest absolute Gasteiger partial charge is 0.433 e. The molecule has 108 valence electrons. The van der Waals surface area contributed by atoms with Crippen molar-refractivity contribution in [1.29, 1.82) is 0 Å². The molecule has 0 saturated carbocycles. The van der Waals surface area contributed by atoms with Crippen LogP contribution in [-0.2, 0) is 22.7 Å². The van der Waals surface area contributed by atoms with Gasteiger partial charge in [-0.2, -0.15) is 13.2 Å². The van der Waals surface area contributed by atoms with Crippen LogP contribution in [0.1, 0.15) is 23.4 Å². The topological polar surface area (TPSA) is 99.1 Å². The fourth-order valence-corrected chi connectivity index (χ4v) is 2.07. The maximum absolute atomic E-state index is 12.6. The van der Waals surface area contributed by atoms with Crippen molar-refractivity contribution in [3.63, 3.8) is 0 Å². The van der Waals surface area contributed by atoms with E-state index in [4.69, 9.17) is 5.73 Å². The molecule has 0 aliphatic rings. The first-order valence-electron chi connectivity index (χ1n) is 4.60. The van der Waals surface area contributed by atoms with E-state index in [0.717, 1.165) is 0 Å². The van der Waals surface area contributed by atoms with E-state index in [1.165, 1.54) is 0 Å². The highest BCUT2D eigenvalue weighted by Crippen LogP contribution is 2.34. The van der Waals surface area contributed by atoms with Crippen molar-refractivity contribution in [1.82, 2.24) is 4.98 Å². The maximum atomic E-state index is 12.6. The zero-order valence-corrected chi connectivity index (χ0v) is 9.89. The van der Waals surface area contributed by atoms with Crippen LogP contribution in [0.3, 0.4) is 0 Å². The van der Waals surface area contributed by atoms with Crippen molar-refractivity contribution in [2.45, 2.75) is 24.0 Å². The second-order valence-electron chi connectivity index (χ2n) is 3.43. The Hall–Kier alpha value is -1.33. The van der Waals surface area contributed by atoms with Crippen LogP contribution >= 0.6 is 0 Å². The van der Waals surface area contributed by atoms with Crippen LogP contribution in [-0.4, -0.2) is 13.4 Å². The number of aromatic nitrogens is 1. The van der Waals surface area contributed by atoms with Crippen molar-refractivity contribution in [2.24, 2.45) is 10.9 Å². The number of halogens is 5. The highest BCUT2D eigenvalue weighted by Gasteiger charge is 2.38. The lowest BCUT2D eigenvalue weighted by atomic mass is 10.1. The molecule has 1 aromatic rings. The molecule has 0 bridgehead atoms. The van der Waals surface area contributed by atoms with Crippen LogP contribution in [0, 0.1) is 0 Å². The van der Waals surface area contributed by atoms with Crippen LogP contribution in [0.5, 0.6) is 0 Å². The summed E-state index contributed by atoms with van der Waals surface area (Å²) in [4.78, 5) is 1.50. The molecule has 0 saturated heterocycles. The summed E-state index contributed by atoms with van der Waals surface area (Å²) in [5.74, 6) is 0. The monoisotopic (exact) mass is 305 g/mol. The molecule has 4 N–H and O–H groups in total. The van der Waals surface area contributed by atoms with Gasteiger partial charge in [0.25, 0.3) is 6.43 Å². The van der Waals surface area contributed by atoms with E-state index in [0.29, 0.717) is 6.07 Å². The normalized spacial score (nSPS) is 13.1. The van der Waals surface area contributed by atoms with Crippen LogP contribution in [0.15, 0.2) is 11.0 Å². The van der Waals surface area contributed by atoms with Crippen molar-refractivity contribution < 1.29 is 30.4 Å². The first-order valence-corrected chi connectivity index (χ1v) is 6.15. The highest BCUT2D eigenvalue weighted by atomic mass is 32.2. The molecule has 0 radical (unpaired) electrons. The quantitative estimate of drug-likeness (QED) is 0.818. The third kappa shape index (κ3) is 3.36. The minimum absolute atomic E-state index is 0.368. The molecule has 1 rings (SSSR count). The predicted molar refractivity (Wildman–Crippen MR) is 53.5 cm³/mol. The minimum atomic E-state index is -5.03. The van der Waals surface area contributed by atoms with E-state index in [2.05, 4.69) is 10.1 Å². The molecule has 5 nitrogen and oxygen atoms in total. The summed E-state index contributed by atoms with van der Waals surface area (Å²) in [5.41, 5.74) is 1.08.